The smallest absolute Gasteiger partial charge is 0.234 e. The summed E-state index contributed by atoms with van der Waals surface area (Å²) in [5.74, 6) is 0.0824. The summed E-state index contributed by atoms with van der Waals surface area (Å²) in [6.07, 6.45) is 1.69. The Morgan fingerprint density at radius 1 is 1.79 bits per heavy atom. The van der Waals surface area contributed by atoms with Gasteiger partial charge in [-0.2, -0.15) is 0 Å². The third-order valence-electron chi connectivity index (χ3n) is 2.26. The molecular formula is C10H19N3O. The molecule has 4 heteroatoms. The summed E-state index contributed by atoms with van der Waals surface area (Å²) in [5, 5.41) is 6.11. The van der Waals surface area contributed by atoms with E-state index in [-0.39, 0.29) is 5.91 Å². The van der Waals surface area contributed by atoms with Crippen molar-refractivity contribution in [3.63, 3.8) is 0 Å². The van der Waals surface area contributed by atoms with Gasteiger partial charge in [-0.15, -0.1) is 6.58 Å². The molecule has 0 aliphatic carbocycles. The second kappa shape index (κ2) is 5.78. The van der Waals surface area contributed by atoms with E-state index in [2.05, 4.69) is 29.0 Å². The number of hydrogen-bond donors (Lipinski definition) is 2. The molecule has 80 valence electrons. The minimum atomic E-state index is 0.0824. The molecule has 1 atom stereocenters. The van der Waals surface area contributed by atoms with Crippen LogP contribution in [0, 0.1) is 0 Å². The van der Waals surface area contributed by atoms with Gasteiger partial charge in [-0.1, -0.05) is 6.08 Å². The van der Waals surface area contributed by atoms with Crippen LogP contribution < -0.4 is 10.6 Å². The van der Waals surface area contributed by atoms with Gasteiger partial charge in [-0.25, -0.2) is 0 Å². The van der Waals surface area contributed by atoms with E-state index in [1.165, 1.54) is 0 Å². The molecule has 0 spiro atoms. The van der Waals surface area contributed by atoms with Gasteiger partial charge >= 0.3 is 0 Å². The summed E-state index contributed by atoms with van der Waals surface area (Å²) >= 11 is 0. The van der Waals surface area contributed by atoms with E-state index in [0.717, 1.165) is 19.6 Å². The van der Waals surface area contributed by atoms with Crippen LogP contribution in [-0.2, 0) is 4.79 Å². The van der Waals surface area contributed by atoms with Crippen LogP contribution in [0.15, 0.2) is 12.7 Å². The summed E-state index contributed by atoms with van der Waals surface area (Å²) in [6, 6.07) is 0.482. The highest BCUT2D eigenvalue weighted by molar-refractivity contribution is 5.78. The zero-order chi connectivity index (χ0) is 10.4. The lowest BCUT2D eigenvalue weighted by molar-refractivity contribution is -0.122. The largest absolute Gasteiger partial charge is 0.352 e. The first kappa shape index (κ1) is 11.2. The first-order valence-corrected chi connectivity index (χ1v) is 5.05. The number of rotatable bonds is 4. The Morgan fingerprint density at radius 3 is 3.21 bits per heavy atom. The third-order valence-corrected chi connectivity index (χ3v) is 2.26. The summed E-state index contributed by atoms with van der Waals surface area (Å²) in [6.45, 7) is 9.61. The fraction of sp³-hybridized carbons (Fsp3) is 0.700. The summed E-state index contributed by atoms with van der Waals surface area (Å²) in [7, 11) is 0. The zero-order valence-corrected chi connectivity index (χ0v) is 8.75. The Labute approximate surface area is 85.3 Å². The van der Waals surface area contributed by atoms with E-state index in [9.17, 15) is 4.79 Å². The van der Waals surface area contributed by atoms with Crippen LogP contribution in [0.1, 0.15) is 6.92 Å². The number of carbonyl (C=O) groups excluding carboxylic acids is 1. The SMILES string of the molecule is C=CCNC(=O)CN1CCNC(C)C1. The zero-order valence-electron chi connectivity index (χ0n) is 8.75. The van der Waals surface area contributed by atoms with Gasteiger partial charge in [-0.05, 0) is 6.92 Å². The van der Waals surface area contributed by atoms with Gasteiger partial charge in [0.05, 0.1) is 6.54 Å². The van der Waals surface area contributed by atoms with E-state index in [1.54, 1.807) is 6.08 Å². The van der Waals surface area contributed by atoms with E-state index < -0.39 is 0 Å². The average Bonchev–Trinajstić information content (AvgIpc) is 2.15. The molecule has 1 amide bonds. The summed E-state index contributed by atoms with van der Waals surface area (Å²) in [5.41, 5.74) is 0. The molecule has 1 saturated heterocycles. The van der Waals surface area contributed by atoms with Crippen LogP contribution >= 0.6 is 0 Å². The molecular weight excluding hydrogens is 178 g/mol. The Hall–Kier alpha value is -0.870. The Bertz CT molecular complexity index is 206. The predicted molar refractivity (Wildman–Crippen MR) is 57.1 cm³/mol. The normalized spacial score (nSPS) is 23.1. The van der Waals surface area contributed by atoms with Crippen LogP contribution in [-0.4, -0.2) is 49.6 Å². The van der Waals surface area contributed by atoms with Crippen molar-refractivity contribution in [2.24, 2.45) is 0 Å². The minimum Gasteiger partial charge on any atom is -0.352 e. The molecule has 2 N–H and O–H groups in total. The first-order valence-electron chi connectivity index (χ1n) is 5.05. The standard InChI is InChI=1S/C10H19N3O/c1-3-4-12-10(14)8-13-6-5-11-9(2)7-13/h3,9,11H,1,4-8H2,2H3,(H,12,14). The second-order valence-electron chi connectivity index (χ2n) is 3.68. The van der Waals surface area contributed by atoms with Gasteiger partial charge in [0.25, 0.3) is 0 Å². The van der Waals surface area contributed by atoms with Crippen LogP contribution in [0.5, 0.6) is 0 Å². The number of hydrogen-bond acceptors (Lipinski definition) is 3. The Kier molecular flexibility index (Phi) is 4.62. The highest BCUT2D eigenvalue weighted by Gasteiger charge is 2.17. The summed E-state index contributed by atoms with van der Waals surface area (Å²) in [4.78, 5) is 13.5. The topological polar surface area (TPSA) is 44.4 Å². The van der Waals surface area contributed by atoms with Gasteiger partial charge in [0.2, 0.25) is 5.91 Å². The van der Waals surface area contributed by atoms with E-state index in [1.807, 2.05) is 0 Å². The maximum absolute atomic E-state index is 11.4. The molecule has 1 unspecified atom stereocenters. The van der Waals surface area contributed by atoms with Crippen molar-refractivity contribution in [2.75, 3.05) is 32.7 Å². The fourth-order valence-corrected chi connectivity index (χ4v) is 1.60. The van der Waals surface area contributed by atoms with E-state index in [4.69, 9.17) is 0 Å². The minimum absolute atomic E-state index is 0.0824. The molecule has 1 heterocycles. The van der Waals surface area contributed by atoms with Crippen molar-refractivity contribution >= 4 is 5.91 Å². The van der Waals surface area contributed by atoms with Crippen molar-refractivity contribution in [1.82, 2.24) is 15.5 Å². The molecule has 1 rings (SSSR count). The molecule has 0 saturated carbocycles. The van der Waals surface area contributed by atoms with Gasteiger partial charge in [-0.3, -0.25) is 9.69 Å². The van der Waals surface area contributed by atoms with Gasteiger partial charge < -0.3 is 10.6 Å². The third kappa shape index (κ3) is 3.89. The van der Waals surface area contributed by atoms with Crippen LogP contribution in [0.3, 0.4) is 0 Å². The fourth-order valence-electron chi connectivity index (χ4n) is 1.60. The van der Waals surface area contributed by atoms with Crippen molar-refractivity contribution in [1.29, 1.82) is 0 Å². The first-order chi connectivity index (χ1) is 6.72. The number of nitrogens with zero attached hydrogens (tertiary/aromatic N) is 1. The maximum atomic E-state index is 11.4. The molecule has 1 aliphatic heterocycles. The molecule has 0 bridgehead atoms. The highest BCUT2D eigenvalue weighted by atomic mass is 16.2. The van der Waals surface area contributed by atoms with Crippen molar-refractivity contribution in [3.05, 3.63) is 12.7 Å². The van der Waals surface area contributed by atoms with Crippen LogP contribution in [0.4, 0.5) is 0 Å². The predicted octanol–water partition coefficient (Wildman–Crippen LogP) is -0.418. The average molecular weight is 197 g/mol. The quantitative estimate of drug-likeness (QED) is 0.602. The lowest BCUT2D eigenvalue weighted by Gasteiger charge is -2.31. The number of piperazine rings is 1. The Morgan fingerprint density at radius 2 is 2.57 bits per heavy atom. The highest BCUT2D eigenvalue weighted by Crippen LogP contribution is 1.97. The molecule has 1 aliphatic rings. The van der Waals surface area contributed by atoms with E-state index >= 15 is 0 Å². The van der Waals surface area contributed by atoms with Crippen LogP contribution in [0.25, 0.3) is 0 Å². The summed E-state index contributed by atoms with van der Waals surface area (Å²) < 4.78 is 0. The number of nitrogens with one attached hydrogen (secondary N) is 2. The number of amides is 1. The molecule has 0 aromatic rings. The lowest BCUT2D eigenvalue weighted by Crippen LogP contribution is -2.51. The Balaban J connectivity index is 2.21. The van der Waals surface area contributed by atoms with Gasteiger partial charge in [0, 0.05) is 32.2 Å². The van der Waals surface area contributed by atoms with Gasteiger partial charge in [0.1, 0.15) is 0 Å². The molecule has 0 aromatic heterocycles. The molecule has 0 aromatic carbocycles. The van der Waals surface area contributed by atoms with Crippen molar-refractivity contribution in [3.8, 4) is 0 Å². The van der Waals surface area contributed by atoms with Crippen LogP contribution in [0.2, 0.25) is 0 Å². The maximum Gasteiger partial charge on any atom is 0.234 e. The monoisotopic (exact) mass is 197 g/mol. The van der Waals surface area contributed by atoms with Crippen molar-refractivity contribution < 1.29 is 4.79 Å². The van der Waals surface area contributed by atoms with Crippen molar-refractivity contribution in [2.45, 2.75) is 13.0 Å². The lowest BCUT2D eigenvalue weighted by atomic mass is 10.2. The molecule has 1 fully saturated rings. The molecule has 0 radical (unpaired) electrons. The second-order valence-corrected chi connectivity index (χ2v) is 3.68. The molecule has 4 nitrogen and oxygen atoms in total. The van der Waals surface area contributed by atoms with Gasteiger partial charge in [0.15, 0.2) is 0 Å². The number of carbonyl (C=O) groups is 1. The van der Waals surface area contributed by atoms with E-state index in [0.29, 0.717) is 19.1 Å². The molecule has 14 heavy (non-hydrogen) atoms.